The van der Waals surface area contributed by atoms with Crippen molar-refractivity contribution >= 4 is 29.0 Å². The van der Waals surface area contributed by atoms with Crippen LogP contribution in [0.1, 0.15) is 5.69 Å². The highest BCUT2D eigenvalue weighted by Gasteiger charge is 2.01. The molecular formula is C8H9N3O2S. The lowest BCUT2D eigenvalue weighted by Crippen LogP contribution is -2.18. The summed E-state index contributed by atoms with van der Waals surface area (Å²) in [5.41, 5.74) is 1.03. The Bertz CT molecular complexity index is 350. The zero-order chi connectivity index (χ0) is 10.6. The van der Waals surface area contributed by atoms with E-state index in [0.717, 1.165) is 0 Å². The summed E-state index contributed by atoms with van der Waals surface area (Å²) in [7, 11) is 1.70. The fourth-order valence-electron chi connectivity index (χ4n) is 0.854. The van der Waals surface area contributed by atoms with Gasteiger partial charge in [-0.25, -0.2) is 4.79 Å². The number of carboxylic acid groups (broad SMARTS) is 1. The molecule has 1 amide bonds. The summed E-state index contributed by atoms with van der Waals surface area (Å²) in [6.07, 6.45) is 0.295. The second-order valence-electron chi connectivity index (χ2n) is 2.44. The minimum atomic E-state index is -1.12. The third kappa shape index (κ3) is 2.67. The van der Waals surface area contributed by atoms with E-state index in [2.05, 4.69) is 15.6 Å². The summed E-state index contributed by atoms with van der Waals surface area (Å²) in [5.74, 6) is 0. The Kier molecular flexibility index (Phi) is 3.35. The van der Waals surface area contributed by atoms with Gasteiger partial charge in [0.1, 0.15) is 4.99 Å². The molecule has 5 nitrogen and oxygen atoms in total. The van der Waals surface area contributed by atoms with Crippen molar-refractivity contribution in [1.29, 1.82) is 0 Å². The van der Waals surface area contributed by atoms with Gasteiger partial charge >= 0.3 is 6.09 Å². The van der Waals surface area contributed by atoms with E-state index in [1.165, 1.54) is 6.20 Å². The second kappa shape index (κ2) is 4.52. The number of nitrogens with one attached hydrogen (secondary N) is 2. The van der Waals surface area contributed by atoms with Crippen molar-refractivity contribution in [1.82, 2.24) is 10.3 Å². The monoisotopic (exact) mass is 211 g/mol. The van der Waals surface area contributed by atoms with Gasteiger partial charge in [0.25, 0.3) is 0 Å². The van der Waals surface area contributed by atoms with E-state index in [4.69, 9.17) is 17.3 Å². The SMILES string of the molecule is CNC(=S)c1ccc(NC(=O)O)cn1. The zero-order valence-electron chi connectivity index (χ0n) is 7.44. The van der Waals surface area contributed by atoms with Crippen LogP contribution in [0.3, 0.4) is 0 Å². The number of carbonyl (C=O) groups is 1. The summed E-state index contributed by atoms with van der Waals surface area (Å²) in [5, 5.41) is 13.4. The zero-order valence-corrected chi connectivity index (χ0v) is 8.26. The molecule has 1 rings (SSSR count). The molecule has 0 unspecified atom stereocenters. The first-order valence-corrected chi connectivity index (χ1v) is 4.22. The molecule has 1 aromatic rings. The summed E-state index contributed by atoms with van der Waals surface area (Å²) in [4.78, 5) is 14.8. The fourth-order valence-corrected chi connectivity index (χ4v) is 0.974. The average molecular weight is 211 g/mol. The molecule has 0 saturated heterocycles. The minimum Gasteiger partial charge on any atom is -0.465 e. The van der Waals surface area contributed by atoms with Gasteiger partial charge in [-0.15, -0.1) is 0 Å². The van der Waals surface area contributed by atoms with Crippen LogP contribution in [0.25, 0.3) is 0 Å². The van der Waals surface area contributed by atoms with E-state index in [9.17, 15) is 4.79 Å². The number of thiocarbonyl (C=S) groups is 1. The summed E-state index contributed by atoms with van der Waals surface area (Å²) >= 11 is 4.94. The average Bonchev–Trinajstić information content (AvgIpc) is 2.17. The van der Waals surface area contributed by atoms with Crippen molar-refractivity contribution in [3.05, 3.63) is 24.0 Å². The molecule has 14 heavy (non-hydrogen) atoms. The standard InChI is InChI=1S/C8H9N3O2S/c1-9-7(14)6-3-2-5(4-10-6)11-8(12)13/h2-4,11H,1H3,(H,9,14)(H,12,13). The van der Waals surface area contributed by atoms with Crippen molar-refractivity contribution in [3.8, 4) is 0 Å². The molecule has 0 aliphatic carbocycles. The van der Waals surface area contributed by atoms with Crippen LogP contribution >= 0.6 is 12.2 Å². The Morgan fingerprint density at radius 1 is 1.57 bits per heavy atom. The lowest BCUT2D eigenvalue weighted by Gasteiger charge is -2.03. The number of rotatable bonds is 2. The quantitative estimate of drug-likeness (QED) is 0.638. The predicted molar refractivity (Wildman–Crippen MR) is 56.6 cm³/mol. The Balaban J connectivity index is 2.78. The number of pyridine rings is 1. The van der Waals surface area contributed by atoms with Gasteiger partial charge in [-0.1, -0.05) is 12.2 Å². The number of hydrogen-bond acceptors (Lipinski definition) is 3. The maximum absolute atomic E-state index is 10.3. The molecule has 0 atom stereocenters. The molecular weight excluding hydrogens is 202 g/mol. The highest BCUT2D eigenvalue weighted by atomic mass is 32.1. The number of amides is 1. The van der Waals surface area contributed by atoms with Crippen molar-refractivity contribution in [3.63, 3.8) is 0 Å². The van der Waals surface area contributed by atoms with E-state index in [1.54, 1.807) is 19.2 Å². The molecule has 0 radical (unpaired) electrons. The van der Waals surface area contributed by atoms with Gasteiger partial charge in [-0.3, -0.25) is 10.3 Å². The molecule has 0 bridgehead atoms. The Labute approximate surface area is 86.2 Å². The van der Waals surface area contributed by atoms with Crippen LogP contribution in [0, 0.1) is 0 Å². The van der Waals surface area contributed by atoms with Gasteiger partial charge in [0.2, 0.25) is 0 Å². The van der Waals surface area contributed by atoms with Crippen molar-refractivity contribution in [2.75, 3.05) is 12.4 Å². The van der Waals surface area contributed by atoms with Crippen molar-refractivity contribution in [2.24, 2.45) is 0 Å². The van der Waals surface area contributed by atoms with Gasteiger partial charge in [0.05, 0.1) is 17.6 Å². The fraction of sp³-hybridized carbons (Fsp3) is 0.125. The highest BCUT2D eigenvalue weighted by Crippen LogP contribution is 2.05. The number of anilines is 1. The molecule has 1 aromatic heterocycles. The van der Waals surface area contributed by atoms with Crippen LogP contribution in [0.2, 0.25) is 0 Å². The molecule has 1 heterocycles. The maximum Gasteiger partial charge on any atom is 0.409 e. The molecule has 0 aromatic carbocycles. The van der Waals surface area contributed by atoms with E-state index < -0.39 is 6.09 Å². The number of hydrogen-bond donors (Lipinski definition) is 3. The van der Waals surface area contributed by atoms with Crippen LogP contribution in [0.5, 0.6) is 0 Å². The van der Waals surface area contributed by atoms with Crippen LogP contribution in [0.4, 0.5) is 10.5 Å². The lowest BCUT2D eigenvalue weighted by atomic mass is 10.3. The number of nitrogens with zero attached hydrogens (tertiary/aromatic N) is 1. The number of aromatic nitrogens is 1. The third-order valence-electron chi connectivity index (χ3n) is 1.47. The third-order valence-corrected chi connectivity index (χ3v) is 1.89. The second-order valence-corrected chi connectivity index (χ2v) is 2.85. The van der Waals surface area contributed by atoms with Crippen LogP contribution in [-0.4, -0.2) is 28.2 Å². The van der Waals surface area contributed by atoms with Crippen molar-refractivity contribution < 1.29 is 9.90 Å². The van der Waals surface area contributed by atoms with Crippen LogP contribution < -0.4 is 10.6 Å². The van der Waals surface area contributed by atoms with Gasteiger partial charge in [-0.05, 0) is 12.1 Å². The molecule has 0 aliphatic rings. The van der Waals surface area contributed by atoms with E-state index >= 15 is 0 Å². The molecule has 74 valence electrons. The first-order chi connectivity index (χ1) is 6.63. The predicted octanol–water partition coefficient (Wildman–Crippen LogP) is 1.07. The topological polar surface area (TPSA) is 74.2 Å². The van der Waals surface area contributed by atoms with E-state index in [-0.39, 0.29) is 0 Å². The van der Waals surface area contributed by atoms with Gasteiger partial charge in [0.15, 0.2) is 0 Å². The Hall–Kier alpha value is -1.69. The molecule has 6 heteroatoms. The van der Waals surface area contributed by atoms with Gasteiger partial charge in [0, 0.05) is 7.05 Å². The first-order valence-electron chi connectivity index (χ1n) is 3.81. The Morgan fingerprint density at radius 2 is 2.29 bits per heavy atom. The molecule has 0 aliphatic heterocycles. The summed E-state index contributed by atoms with van der Waals surface area (Å²) < 4.78 is 0. The van der Waals surface area contributed by atoms with Crippen LogP contribution in [0.15, 0.2) is 18.3 Å². The molecule has 0 saturated carbocycles. The summed E-state index contributed by atoms with van der Waals surface area (Å²) in [6.45, 7) is 0. The van der Waals surface area contributed by atoms with E-state index in [0.29, 0.717) is 16.4 Å². The summed E-state index contributed by atoms with van der Waals surface area (Å²) in [6, 6.07) is 3.24. The van der Waals surface area contributed by atoms with Crippen LogP contribution in [-0.2, 0) is 0 Å². The lowest BCUT2D eigenvalue weighted by molar-refractivity contribution is 0.209. The highest BCUT2D eigenvalue weighted by molar-refractivity contribution is 7.80. The first kappa shape index (κ1) is 10.4. The molecule has 3 N–H and O–H groups in total. The minimum absolute atomic E-state index is 0.417. The Morgan fingerprint density at radius 3 is 2.71 bits per heavy atom. The van der Waals surface area contributed by atoms with E-state index in [1.807, 2.05) is 0 Å². The smallest absolute Gasteiger partial charge is 0.409 e. The molecule has 0 fully saturated rings. The van der Waals surface area contributed by atoms with Crippen molar-refractivity contribution in [2.45, 2.75) is 0 Å². The van der Waals surface area contributed by atoms with Gasteiger partial charge < -0.3 is 10.4 Å². The normalized spacial score (nSPS) is 9.21. The molecule has 0 spiro atoms. The largest absolute Gasteiger partial charge is 0.465 e. The maximum atomic E-state index is 10.3. The van der Waals surface area contributed by atoms with Gasteiger partial charge in [-0.2, -0.15) is 0 Å².